The van der Waals surface area contributed by atoms with E-state index in [1.807, 2.05) is 12.2 Å². The zero-order valence-corrected chi connectivity index (χ0v) is 12.4. The Balaban J connectivity index is 1.78. The van der Waals surface area contributed by atoms with Gasteiger partial charge in [0.1, 0.15) is 0 Å². The third-order valence-corrected chi connectivity index (χ3v) is 3.98. The number of carbonyl (C=O) groups is 1. The highest BCUT2D eigenvalue weighted by atomic mass is 79.9. The molecule has 1 aliphatic carbocycles. The molecule has 0 radical (unpaired) electrons. The number of allylic oxidation sites excluding steroid dienone is 2. The molecule has 1 aromatic heterocycles. The van der Waals surface area contributed by atoms with Crippen LogP contribution in [0.5, 0.6) is 0 Å². The van der Waals surface area contributed by atoms with Gasteiger partial charge in [-0.2, -0.15) is 10.2 Å². The van der Waals surface area contributed by atoms with Crippen LogP contribution in [0.4, 0.5) is 5.69 Å². The van der Waals surface area contributed by atoms with Crippen LogP contribution in [-0.2, 0) is 4.79 Å². The standard InChI is InChI=1S/C14H13BrN4O/c1-14-4-2-9(15)6-12(14)19-11(7-14)13(20)18-10-3-5-16-17-8-10/h2-8,12,19H,1H3,(H,16,18,20). The van der Waals surface area contributed by atoms with Gasteiger partial charge in [0.05, 0.1) is 29.8 Å². The molecule has 5 nitrogen and oxygen atoms in total. The molecule has 2 N–H and O–H groups in total. The van der Waals surface area contributed by atoms with E-state index in [-0.39, 0.29) is 17.4 Å². The van der Waals surface area contributed by atoms with Crippen LogP contribution in [0.25, 0.3) is 0 Å². The van der Waals surface area contributed by atoms with Crippen molar-refractivity contribution in [1.82, 2.24) is 15.5 Å². The molecule has 1 aromatic rings. The SMILES string of the molecule is CC12C=CC(Br)=CC1NC(C(=O)Nc1ccnnc1)=C2. The van der Waals surface area contributed by atoms with Gasteiger partial charge in [-0.1, -0.05) is 35.0 Å². The van der Waals surface area contributed by atoms with Crippen molar-refractivity contribution in [3.8, 4) is 0 Å². The monoisotopic (exact) mass is 332 g/mol. The molecular formula is C14H13BrN4O. The lowest BCUT2D eigenvalue weighted by Gasteiger charge is -2.27. The summed E-state index contributed by atoms with van der Waals surface area (Å²) in [6.45, 7) is 2.09. The minimum Gasteiger partial charge on any atom is -0.373 e. The van der Waals surface area contributed by atoms with Gasteiger partial charge in [-0.05, 0) is 18.2 Å². The summed E-state index contributed by atoms with van der Waals surface area (Å²) in [6.07, 6.45) is 11.2. The predicted molar refractivity (Wildman–Crippen MR) is 79.9 cm³/mol. The van der Waals surface area contributed by atoms with Gasteiger partial charge in [0, 0.05) is 9.90 Å². The average molecular weight is 333 g/mol. The van der Waals surface area contributed by atoms with Crippen LogP contribution in [-0.4, -0.2) is 22.1 Å². The summed E-state index contributed by atoms with van der Waals surface area (Å²) in [6, 6.07) is 1.78. The first-order chi connectivity index (χ1) is 9.57. The molecule has 2 heterocycles. The number of rotatable bonds is 2. The number of hydrogen-bond donors (Lipinski definition) is 2. The van der Waals surface area contributed by atoms with Crippen molar-refractivity contribution in [2.75, 3.05) is 5.32 Å². The third kappa shape index (κ3) is 2.38. The first kappa shape index (κ1) is 13.1. The van der Waals surface area contributed by atoms with Crippen LogP contribution in [0, 0.1) is 5.41 Å². The fraction of sp³-hybridized carbons (Fsp3) is 0.214. The zero-order chi connectivity index (χ0) is 14.2. The second-order valence-corrected chi connectivity index (χ2v) is 5.93. The molecule has 0 aromatic carbocycles. The molecule has 1 amide bonds. The molecule has 0 fully saturated rings. The molecule has 2 unspecified atom stereocenters. The van der Waals surface area contributed by atoms with Gasteiger partial charge in [-0.25, -0.2) is 0 Å². The molecule has 0 bridgehead atoms. The van der Waals surface area contributed by atoms with Crippen LogP contribution >= 0.6 is 15.9 Å². The second-order valence-electron chi connectivity index (χ2n) is 5.02. The second kappa shape index (κ2) is 4.86. The highest BCUT2D eigenvalue weighted by Crippen LogP contribution is 2.38. The summed E-state index contributed by atoms with van der Waals surface area (Å²) >= 11 is 3.46. The first-order valence-corrected chi connectivity index (χ1v) is 7.00. The zero-order valence-electron chi connectivity index (χ0n) is 10.8. The van der Waals surface area contributed by atoms with E-state index in [9.17, 15) is 4.79 Å². The predicted octanol–water partition coefficient (Wildman–Crippen LogP) is 2.13. The van der Waals surface area contributed by atoms with Crippen molar-refractivity contribution in [2.45, 2.75) is 13.0 Å². The first-order valence-electron chi connectivity index (χ1n) is 6.21. The maximum absolute atomic E-state index is 12.2. The number of aromatic nitrogens is 2. The Morgan fingerprint density at radius 1 is 1.50 bits per heavy atom. The molecule has 6 heteroatoms. The number of nitrogens with one attached hydrogen (secondary N) is 2. The topological polar surface area (TPSA) is 66.9 Å². The van der Waals surface area contributed by atoms with Gasteiger partial charge < -0.3 is 10.6 Å². The quantitative estimate of drug-likeness (QED) is 0.870. The van der Waals surface area contributed by atoms with E-state index in [1.54, 1.807) is 6.07 Å². The molecule has 1 aliphatic heterocycles. The number of carbonyl (C=O) groups excluding carboxylic acids is 1. The Bertz CT molecular complexity index is 638. The fourth-order valence-corrected chi connectivity index (χ4v) is 2.70. The highest BCUT2D eigenvalue weighted by molar-refractivity contribution is 9.11. The Labute approximate surface area is 125 Å². The minimum absolute atomic E-state index is 0.0817. The number of nitrogens with zero attached hydrogens (tertiary/aromatic N) is 2. The molecule has 0 saturated heterocycles. The summed E-state index contributed by atoms with van der Waals surface area (Å²) in [5.74, 6) is -0.174. The molecule has 2 atom stereocenters. The van der Waals surface area contributed by atoms with Crippen LogP contribution < -0.4 is 10.6 Å². The van der Waals surface area contributed by atoms with Crippen molar-refractivity contribution >= 4 is 27.5 Å². The van der Waals surface area contributed by atoms with E-state index in [1.165, 1.54) is 12.4 Å². The smallest absolute Gasteiger partial charge is 0.271 e. The van der Waals surface area contributed by atoms with Crippen LogP contribution in [0.2, 0.25) is 0 Å². The van der Waals surface area contributed by atoms with Crippen molar-refractivity contribution in [1.29, 1.82) is 0 Å². The summed E-state index contributed by atoms with van der Waals surface area (Å²) in [7, 11) is 0. The Morgan fingerprint density at radius 2 is 2.35 bits per heavy atom. The van der Waals surface area contributed by atoms with Gasteiger partial charge in [-0.15, -0.1) is 0 Å². The Kier molecular flexibility index (Phi) is 3.17. The molecule has 0 spiro atoms. The third-order valence-electron chi connectivity index (χ3n) is 3.45. The van der Waals surface area contributed by atoms with E-state index in [2.05, 4.69) is 55.8 Å². The summed E-state index contributed by atoms with van der Waals surface area (Å²) in [5, 5.41) is 13.4. The van der Waals surface area contributed by atoms with Gasteiger partial charge in [-0.3, -0.25) is 4.79 Å². The fourth-order valence-electron chi connectivity index (χ4n) is 2.31. The molecule has 3 rings (SSSR count). The molecule has 0 saturated carbocycles. The van der Waals surface area contributed by atoms with Crippen molar-refractivity contribution in [2.24, 2.45) is 5.41 Å². The largest absolute Gasteiger partial charge is 0.373 e. The minimum atomic E-state index is -0.180. The number of hydrogen-bond acceptors (Lipinski definition) is 4. The van der Waals surface area contributed by atoms with E-state index in [4.69, 9.17) is 0 Å². The molecule has 2 aliphatic rings. The van der Waals surface area contributed by atoms with Crippen molar-refractivity contribution in [3.63, 3.8) is 0 Å². The Morgan fingerprint density at radius 3 is 3.10 bits per heavy atom. The van der Waals surface area contributed by atoms with E-state index in [0.29, 0.717) is 11.4 Å². The maximum atomic E-state index is 12.2. The summed E-state index contributed by atoms with van der Waals surface area (Å²) in [4.78, 5) is 12.2. The van der Waals surface area contributed by atoms with Gasteiger partial charge >= 0.3 is 0 Å². The average Bonchev–Trinajstić information content (AvgIpc) is 2.77. The van der Waals surface area contributed by atoms with Crippen LogP contribution in [0.15, 0.2) is 52.9 Å². The van der Waals surface area contributed by atoms with Gasteiger partial charge in [0.25, 0.3) is 5.91 Å². The number of amides is 1. The number of halogens is 1. The molecule has 102 valence electrons. The Hall–Kier alpha value is -1.95. The van der Waals surface area contributed by atoms with Gasteiger partial charge in [0.2, 0.25) is 0 Å². The summed E-state index contributed by atoms with van der Waals surface area (Å²) < 4.78 is 1.01. The van der Waals surface area contributed by atoms with Crippen molar-refractivity contribution < 1.29 is 4.79 Å². The lowest BCUT2D eigenvalue weighted by molar-refractivity contribution is -0.113. The van der Waals surface area contributed by atoms with E-state index in [0.717, 1.165) is 4.48 Å². The molecule has 20 heavy (non-hydrogen) atoms. The number of fused-ring (bicyclic) bond motifs is 1. The van der Waals surface area contributed by atoms with E-state index >= 15 is 0 Å². The van der Waals surface area contributed by atoms with Crippen LogP contribution in [0.3, 0.4) is 0 Å². The maximum Gasteiger partial charge on any atom is 0.271 e. The number of anilines is 1. The van der Waals surface area contributed by atoms with Crippen LogP contribution in [0.1, 0.15) is 6.92 Å². The summed E-state index contributed by atoms with van der Waals surface area (Å²) in [5.41, 5.74) is 1.01. The lowest BCUT2D eigenvalue weighted by Crippen LogP contribution is -2.36. The molecular weight excluding hydrogens is 320 g/mol. The van der Waals surface area contributed by atoms with Gasteiger partial charge in [0.15, 0.2) is 0 Å². The van der Waals surface area contributed by atoms with E-state index < -0.39 is 0 Å². The lowest BCUT2D eigenvalue weighted by atomic mass is 9.81. The van der Waals surface area contributed by atoms with Crippen molar-refractivity contribution in [3.05, 3.63) is 52.9 Å². The highest BCUT2D eigenvalue weighted by Gasteiger charge is 2.38. The normalized spacial score (nSPS) is 27.2.